The Bertz CT molecular complexity index is 1120. The van der Waals surface area contributed by atoms with Crippen LogP contribution in [0.1, 0.15) is 17.3 Å². The number of aromatic amines is 1. The number of aromatic nitrogens is 2. The number of nitrogens with zero attached hydrogens (tertiary/aromatic N) is 1. The summed E-state index contributed by atoms with van der Waals surface area (Å²) in [4.78, 5) is 39.6. The summed E-state index contributed by atoms with van der Waals surface area (Å²) in [6.07, 6.45) is 1.92. The highest BCUT2D eigenvalue weighted by molar-refractivity contribution is 7.98. The zero-order chi connectivity index (χ0) is 18.8. The van der Waals surface area contributed by atoms with Crippen molar-refractivity contribution in [2.75, 3.05) is 11.6 Å². The second-order valence-electron chi connectivity index (χ2n) is 5.54. The van der Waals surface area contributed by atoms with E-state index < -0.39 is 11.1 Å². The first-order chi connectivity index (χ1) is 12.4. The molecule has 0 aliphatic heterocycles. The molecule has 8 heteroatoms. The van der Waals surface area contributed by atoms with Crippen molar-refractivity contribution in [2.24, 2.45) is 0 Å². The van der Waals surface area contributed by atoms with E-state index in [2.05, 4.69) is 10.3 Å². The molecule has 0 aliphatic carbocycles. The molecule has 0 saturated carbocycles. The van der Waals surface area contributed by atoms with Crippen molar-refractivity contribution < 1.29 is 4.79 Å². The molecule has 0 fully saturated rings. The molecule has 1 heterocycles. The summed E-state index contributed by atoms with van der Waals surface area (Å²) < 4.78 is 1.37. The molecule has 2 N–H and O–H groups in total. The van der Waals surface area contributed by atoms with Gasteiger partial charge in [-0.05, 0) is 49.6 Å². The number of carbonyl (C=O) groups is 1. The van der Waals surface area contributed by atoms with Crippen LogP contribution in [0.4, 0.5) is 5.69 Å². The van der Waals surface area contributed by atoms with Gasteiger partial charge in [-0.1, -0.05) is 11.6 Å². The number of thioether (sulfide) groups is 1. The maximum absolute atomic E-state index is 12.5. The molecule has 0 atom stereocenters. The lowest BCUT2D eigenvalue weighted by Gasteiger charge is -2.10. The third-order valence-electron chi connectivity index (χ3n) is 3.96. The van der Waals surface area contributed by atoms with Crippen LogP contribution in [-0.2, 0) is 6.54 Å². The van der Waals surface area contributed by atoms with Crippen molar-refractivity contribution in [2.45, 2.75) is 18.4 Å². The number of halogens is 1. The van der Waals surface area contributed by atoms with Gasteiger partial charge in [-0.25, -0.2) is 0 Å². The monoisotopic (exact) mass is 389 g/mol. The zero-order valence-corrected chi connectivity index (χ0v) is 15.7. The first-order valence-corrected chi connectivity index (χ1v) is 9.46. The summed E-state index contributed by atoms with van der Waals surface area (Å²) in [5, 5.41) is 3.34. The number of aryl methyl sites for hydroxylation is 1. The van der Waals surface area contributed by atoms with Gasteiger partial charge in [0.05, 0.1) is 16.1 Å². The Morgan fingerprint density at radius 3 is 2.65 bits per heavy atom. The van der Waals surface area contributed by atoms with Gasteiger partial charge in [0.25, 0.3) is 5.91 Å². The Hall–Kier alpha value is -2.51. The summed E-state index contributed by atoms with van der Waals surface area (Å²) in [7, 11) is 0. The molecule has 6 nitrogen and oxygen atoms in total. The summed E-state index contributed by atoms with van der Waals surface area (Å²) >= 11 is 7.68. The summed E-state index contributed by atoms with van der Waals surface area (Å²) in [5.41, 5.74) is 0.613. The normalized spacial score (nSPS) is 10.9. The van der Waals surface area contributed by atoms with Crippen molar-refractivity contribution in [3.05, 3.63) is 67.7 Å². The number of hydrogen-bond donors (Lipinski definition) is 2. The van der Waals surface area contributed by atoms with Crippen molar-refractivity contribution in [1.29, 1.82) is 0 Å². The minimum atomic E-state index is -0.712. The molecule has 0 aliphatic rings. The summed E-state index contributed by atoms with van der Waals surface area (Å²) in [6, 6.07) is 10.1. The topological polar surface area (TPSA) is 84.0 Å². The lowest BCUT2D eigenvalue weighted by Crippen LogP contribution is -2.36. The van der Waals surface area contributed by atoms with Crippen LogP contribution in [-0.4, -0.2) is 21.7 Å². The van der Waals surface area contributed by atoms with Crippen LogP contribution in [0.3, 0.4) is 0 Å². The Labute approximate surface area is 158 Å². The Morgan fingerprint density at radius 2 is 2.00 bits per heavy atom. The standard InChI is InChI=1S/C18H16ClN3O3S/c1-3-22-14-6-4-10(8-13(14)21-17(24)18(22)25)16(23)20-11-5-7-15(26-2)12(19)9-11/h4-9H,3H2,1-2H3,(H,20,23)(H,21,24). The van der Waals surface area contributed by atoms with Gasteiger partial charge in [-0.3, -0.25) is 14.4 Å². The predicted molar refractivity (Wildman–Crippen MR) is 106 cm³/mol. The maximum atomic E-state index is 12.5. The van der Waals surface area contributed by atoms with Crippen LogP contribution in [0.5, 0.6) is 0 Å². The molecule has 2 aromatic carbocycles. The Kier molecular flexibility index (Phi) is 5.20. The fraction of sp³-hybridized carbons (Fsp3) is 0.167. The third kappa shape index (κ3) is 3.40. The molecule has 0 bridgehead atoms. The molecule has 0 unspecified atom stereocenters. The third-order valence-corrected chi connectivity index (χ3v) is 5.18. The number of fused-ring (bicyclic) bond motifs is 1. The van der Waals surface area contributed by atoms with Crippen LogP contribution in [0.15, 0.2) is 50.9 Å². The average molecular weight is 390 g/mol. The molecule has 0 spiro atoms. The lowest BCUT2D eigenvalue weighted by atomic mass is 10.1. The number of hydrogen-bond acceptors (Lipinski definition) is 4. The fourth-order valence-electron chi connectivity index (χ4n) is 2.68. The summed E-state index contributed by atoms with van der Waals surface area (Å²) in [6.45, 7) is 2.15. The van der Waals surface area contributed by atoms with Gasteiger partial charge in [-0.2, -0.15) is 0 Å². The van der Waals surface area contributed by atoms with Crippen molar-refractivity contribution in [1.82, 2.24) is 9.55 Å². The molecule has 1 aromatic heterocycles. The van der Waals surface area contributed by atoms with E-state index in [4.69, 9.17) is 11.6 Å². The molecular weight excluding hydrogens is 374 g/mol. The average Bonchev–Trinajstić information content (AvgIpc) is 2.62. The second-order valence-corrected chi connectivity index (χ2v) is 6.79. The number of amides is 1. The molecular formula is C18H16ClN3O3S. The van der Waals surface area contributed by atoms with E-state index in [9.17, 15) is 14.4 Å². The fourth-order valence-corrected chi connectivity index (χ4v) is 3.55. The number of H-pyrrole nitrogens is 1. The van der Waals surface area contributed by atoms with Crippen LogP contribution < -0.4 is 16.4 Å². The van der Waals surface area contributed by atoms with Gasteiger partial charge in [0.1, 0.15) is 0 Å². The first kappa shape index (κ1) is 18.3. The van der Waals surface area contributed by atoms with Crippen LogP contribution >= 0.6 is 23.4 Å². The van der Waals surface area contributed by atoms with E-state index in [0.717, 1.165) is 4.90 Å². The van der Waals surface area contributed by atoms with Crippen molar-refractivity contribution >= 4 is 46.0 Å². The molecule has 26 heavy (non-hydrogen) atoms. The molecule has 134 valence electrons. The molecule has 0 saturated heterocycles. The Balaban J connectivity index is 1.96. The smallest absolute Gasteiger partial charge is 0.316 e. The van der Waals surface area contributed by atoms with E-state index in [-0.39, 0.29) is 5.91 Å². The van der Waals surface area contributed by atoms with Crippen molar-refractivity contribution in [3.63, 3.8) is 0 Å². The van der Waals surface area contributed by atoms with Crippen LogP contribution in [0, 0.1) is 0 Å². The van der Waals surface area contributed by atoms with Gasteiger partial charge in [0.15, 0.2) is 0 Å². The van der Waals surface area contributed by atoms with E-state index in [1.54, 1.807) is 37.3 Å². The number of rotatable bonds is 4. The number of carbonyl (C=O) groups excluding carboxylic acids is 1. The highest BCUT2D eigenvalue weighted by Crippen LogP contribution is 2.28. The number of nitrogens with one attached hydrogen (secondary N) is 2. The van der Waals surface area contributed by atoms with E-state index >= 15 is 0 Å². The zero-order valence-electron chi connectivity index (χ0n) is 14.1. The summed E-state index contributed by atoms with van der Waals surface area (Å²) in [5.74, 6) is -0.338. The second kappa shape index (κ2) is 7.39. The number of benzene rings is 2. The largest absolute Gasteiger partial charge is 0.322 e. The van der Waals surface area contributed by atoms with Crippen LogP contribution in [0.25, 0.3) is 11.0 Å². The van der Waals surface area contributed by atoms with Crippen LogP contribution in [0.2, 0.25) is 5.02 Å². The molecule has 1 amide bonds. The lowest BCUT2D eigenvalue weighted by molar-refractivity contribution is 0.102. The van der Waals surface area contributed by atoms with E-state index in [0.29, 0.717) is 33.9 Å². The first-order valence-electron chi connectivity index (χ1n) is 7.86. The molecule has 3 rings (SSSR count). The predicted octanol–water partition coefficient (Wildman–Crippen LogP) is 3.34. The van der Waals surface area contributed by atoms with E-state index in [1.807, 2.05) is 12.3 Å². The quantitative estimate of drug-likeness (QED) is 0.529. The van der Waals surface area contributed by atoms with Gasteiger partial charge in [-0.15, -0.1) is 11.8 Å². The highest BCUT2D eigenvalue weighted by atomic mass is 35.5. The van der Waals surface area contributed by atoms with Gasteiger partial charge in [0.2, 0.25) is 0 Å². The van der Waals surface area contributed by atoms with Gasteiger partial charge >= 0.3 is 11.1 Å². The van der Waals surface area contributed by atoms with E-state index in [1.165, 1.54) is 16.3 Å². The minimum absolute atomic E-state index is 0.338. The number of anilines is 1. The van der Waals surface area contributed by atoms with Gasteiger partial charge < -0.3 is 14.9 Å². The Morgan fingerprint density at radius 1 is 1.23 bits per heavy atom. The molecule has 0 radical (unpaired) electrons. The maximum Gasteiger partial charge on any atom is 0.316 e. The SMILES string of the molecule is CCn1c(=O)c(=O)[nH]c2cc(C(=O)Nc3ccc(SC)c(Cl)c3)ccc21. The molecule has 3 aromatic rings. The highest BCUT2D eigenvalue weighted by Gasteiger charge is 2.11. The minimum Gasteiger partial charge on any atom is -0.322 e. The van der Waals surface area contributed by atoms with Gasteiger partial charge in [0, 0.05) is 22.7 Å². The van der Waals surface area contributed by atoms with Crippen molar-refractivity contribution in [3.8, 4) is 0 Å².